The van der Waals surface area contributed by atoms with Crippen molar-refractivity contribution in [2.75, 3.05) is 0 Å². The largest absolute Gasteiger partial charge is 0.289 e. The van der Waals surface area contributed by atoms with E-state index in [0.717, 1.165) is 17.5 Å². The Labute approximate surface area is 53.0 Å². The molecule has 0 saturated carbocycles. The van der Waals surface area contributed by atoms with Gasteiger partial charge in [-0.1, -0.05) is 24.3 Å². The predicted molar refractivity (Wildman–Crippen MR) is 37.0 cm³/mol. The summed E-state index contributed by atoms with van der Waals surface area (Å²) in [6, 6.07) is 0. The third-order valence-electron chi connectivity index (χ3n) is 1.61. The second kappa shape index (κ2) is 1.44. The third-order valence-corrected chi connectivity index (χ3v) is 1.61. The fraction of sp³-hybridized carbons (Fsp3) is 0.125. The summed E-state index contributed by atoms with van der Waals surface area (Å²) in [4.78, 5) is 10.7. The molecule has 0 bridgehead atoms. The van der Waals surface area contributed by atoms with Gasteiger partial charge >= 0.3 is 0 Å². The molecule has 0 amide bonds. The van der Waals surface area contributed by atoms with Crippen molar-refractivity contribution in [2.45, 2.75) is 6.42 Å². The first kappa shape index (κ1) is 4.74. The standard InChI is InChI=1S/C8H6O/c9-8-6-4-2-1-3-5-7(6)8/h1-4H,5H2. The molecule has 0 unspecified atom stereocenters. The van der Waals surface area contributed by atoms with E-state index in [0.29, 0.717) is 0 Å². The van der Waals surface area contributed by atoms with Crippen LogP contribution in [0.4, 0.5) is 0 Å². The molecule has 0 spiro atoms. The molecule has 1 aromatic carbocycles. The highest BCUT2D eigenvalue weighted by atomic mass is 16.1. The summed E-state index contributed by atoms with van der Waals surface area (Å²) < 4.78 is 0. The van der Waals surface area contributed by atoms with E-state index in [1.54, 1.807) is 0 Å². The Hall–Kier alpha value is -1.11. The average molecular weight is 118 g/mol. The van der Waals surface area contributed by atoms with E-state index in [1.165, 1.54) is 0 Å². The first-order valence-corrected chi connectivity index (χ1v) is 3.00. The topological polar surface area (TPSA) is 17.1 Å². The highest BCUT2D eigenvalue weighted by molar-refractivity contribution is 5.65. The Morgan fingerprint density at radius 1 is 1.33 bits per heavy atom. The van der Waals surface area contributed by atoms with E-state index in [9.17, 15) is 4.79 Å². The number of rotatable bonds is 0. The van der Waals surface area contributed by atoms with Crippen molar-refractivity contribution >= 4 is 6.08 Å². The first-order valence-electron chi connectivity index (χ1n) is 3.00. The molecule has 0 saturated heterocycles. The highest BCUT2D eigenvalue weighted by Gasteiger charge is 2.17. The molecule has 0 N–H and O–H groups in total. The lowest BCUT2D eigenvalue weighted by Gasteiger charge is -1.71. The maximum Gasteiger partial charge on any atom is 0.190 e. The zero-order valence-electron chi connectivity index (χ0n) is 4.92. The van der Waals surface area contributed by atoms with Gasteiger partial charge in [-0.05, 0) is 6.42 Å². The van der Waals surface area contributed by atoms with Crippen LogP contribution in [0.15, 0.2) is 23.0 Å². The lowest BCUT2D eigenvalue weighted by Crippen LogP contribution is -1.79. The van der Waals surface area contributed by atoms with E-state index in [-0.39, 0.29) is 5.43 Å². The van der Waals surface area contributed by atoms with Crippen LogP contribution in [-0.4, -0.2) is 0 Å². The summed E-state index contributed by atoms with van der Waals surface area (Å²) in [5, 5.41) is 0. The molecule has 9 heavy (non-hydrogen) atoms. The van der Waals surface area contributed by atoms with Crippen LogP contribution in [0, 0.1) is 0 Å². The van der Waals surface area contributed by atoms with Gasteiger partial charge in [0.05, 0.1) is 0 Å². The lowest BCUT2D eigenvalue weighted by atomic mass is 10.3. The fourth-order valence-electron chi connectivity index (χ4n) is 1.02. The summed E-state index contributed by atoms with van der Waals surface area (Å²) in [6.07, 6.45) is 8.60. The Morgan fingerprint density at radius 3 is 3.11 bits per heavy atom. The maximum absolute atomic E-state index is 10.7. The van der Waals surface area contributed by atoms with Gasteiger partial charge in [0.2, 0.25) is 0 Å². The van der Waals surface area contributed by atoms with Gasteiger partial charge < -0.3 is 0 Å². The number of allylic oxidation sites excluding steroid dienone is 3. The Morgan fingerprint density at radius 2 is 2.22 bits per heavy atom. The van der Waals surface area contributed by atoms with Crippen LogP contribution in [0.1, 0.15) is 11.1 Å². The van der Waals surface area contributed by atoms with Crippen LogP contribution in [-0.2, 0) is 6.42 Å². The molecular weight excluding hydrogens is 112 g/mol. The van der Waals surface area contributed by atoms with Crippen molar-refractivity contribution in [3.63, 3.8) is 0 Å². The molecule has 1 aromatic rings. The van der Waals surface area contributed by atoms with Gasteiger partial charge in [-0.2, -0.15) is 0 Å². The molecule has 2 rings (SSSR count). The fourth-order valence-corrected chi connectivity index (χ4v) is 1.02. The van der Waals surface area contributed by atoms with Crippen molar-refractivity contribution in [1.82, 2.24) is 0 Å². The van der Waals surface area contributed by atoms with Crippen LogP contribution >= 0.6 is 0 Å². The smallest absolute Gasteiger partial charge is 0.190 e. The predicted octanol–water partition coefficient (Wildman–Crippen LogP) is 1.05. The molecule has 1 heteroatoms. The molecule has 44 valence electrons. The van der Waals surface area contributed by atoms with Crippen molar-refractivity contribution in [3.8, 4) is 0 Å². The normalized spacial score (nSPS) is 16.0. The Bertz CT molecular complexity index is 296. The third kappa shape index (κ3) is 0.578. The van der Waals surface area contributed by atoms with Crippen molar-refractivity contribution < 1.29 is 0 Å². The van der Waals surface area contributed by atoms with Gasteiger partial charge in [0.25, 0.3) is 0 Å². The summed E-state index contributed by atoms with van der Waals surface area (Å²) in [5.41, 5.74) is 2.19. The Kier molecular flexibility index (Phi) is 0.758. The van der Waals surface area contributed by atoms with Crippen molar-refractivity contribution in [1.29, 1.82) is 0 Å². The van der Waals surface area contributed by atoms with Gasteiger partial charge in [-0.25, -0.2) is 0 Å². The average Bonchev–Trinajstić information content (AvgIpc) is 2.51. The van der Waals surface area contributed by atoms with Gasteiger partial charge in [0, 0.05) is 11.1 Å². The van der Waals surface area contributed by atoms with E-state index >= 15 is 0 Å². The summed E-state index contributed by atoms with van der Waals surface area (Å²) in [5.74, 6) is 0. The number of hydrogen-bond donors (Lipinski definition) is 0. The van der Waals surface area contributed by atoms with Crippen LogP contribution < -0.4 is 5.43 Å². The van der Waals surface area contributed by atoms with Crippen molar-refractivity contribution in [2.24, 2.45) is 0 Å². The van der Waals surface area contributed by atoms with Gasteiger partial charge in [0.15, 0.2) is 5.43 Å². The minimum absolute atomic E-state index is 0.260. The molecule has 0 radical (unpaired) electrons. The molecule has 1 aliphatic rings. The Balaban J connectivity index is 2.47. The van der Waals surface area contributed by atoms with Gasteiger partial charge in [-0.3, -0.25) is 4.79 Å². The SMILES string of the molecule is O=c1c2c1CC=CC=C2. The summed E-state index contributed by atoms with van der Waals surface area (Å²) in [7, 11) is 0. The molecule has 0 aromatic heterocycles. The van der Waals surface area contributed by atoms with E-state index in [2.05, 4.69) is 0 Å². The second-order valence-corrected chi connectivity index (χ2v) is 2.21. The van der Waals surface area contributed by atoms with Crippen LogP contribution in [0.3, 0.4) is 0 Å². The van der Waals surface area contributed by atoms with Crippen LogP contribution in [0.2, 0.25) is 0 Å². The van der Waals surface area contributed by atoms with Crippen LogP contribution in [0.25, 0.3) is 6.08 Å². The molecule has 0 heterocycles. The zero-order valence-corrected chi connectivity index (χ0v) is 4.92. The second-order valence-electron chi connectivity index (χ2n) is 2.21. The van der Waals surface area contributed by atoms with Gasteiger partial charge in [-0.15, -0.1) is 0 Å². The van der Waals surface area contributed by atoms with Crippen molar-refractivity contribution in [3.05, 3.63) is 39.6 Å². The molecule has 0 aliphatic heterocycles. The first-order chi connectivity index (χ1) is 4.39. The zero-order chi connectivity index (χ0) is 6.27. The van der Waals surface area contributed by atoms with Gasteiger partial charge in [0.1, 0.15) is 0 Å². The monoisotopic (exact) mass is 118 g/mol. The minimum atomic E-state index is 0.260. The van der Waals surface area contributed by atoms with Crippen LogP contribution in [0.5, 0.6) is 0 Å². The number of fused-ring (bicyclic) bond motifs is 1. The molecular formula is C8H6O. The van der Waals surface area contributed by atoms with E-state index < -0.39 is 0 Å². The lowest BCUT2D eigenvalue weighted by molar-refractivity contribution is 1.34. The molecule has 0 fully saturated rings. The quantitative estimate of drug-likeness (QED) is 0.497. The minimum Gasteiger partial charge on any atom is -0.289 e. The van der Waals surface area contributed by atoms with E-state index in [4.69, 9.17) is 0 Å². The summed E-state index contributed by atoms with van der Waals surface area (Å²) in [6.45, 7) is 0. The highest BCUT2D eigenvalue weighted by Crippen LogP contribution is 2.14. The summed E-state index contributed by atoms with van der Waals surface area (Å²) >= 11 is 0. The van der Waals surface area contributed by atoms with E-state index in [1.807, 2.05) is 24.3 Å². The molecule has 1 aliphatic carbocycles. The molecule has 1 nitrogen and oxygen atoms in total. The number of hydrogen-bond acceptors (Lipinski definition) is 1. The molecule has 0 atom stereocenters. The maximum atomic E-state index is 10.7.